The molecule has 0 bridgehead atoms. The summed E-state index contributed by atoms with van der Waals surface area (Å²) in [6.07, 6.45) is 2.44. The Bertz CT molecular complexity index is 542. The van der Waals surface area contributed by atoms with E-state index in [0.29, 0.717) is 11.8 Å². The number of amides is 1. The van der Waals surface area contributed by atoms with Gasteiger partial charge >= 0.3 is 0 Å². The molecule has 1 heterocycles. The molecule has 1 saturated carbocycles. The van der Waals surface area contributed by atoms with Crippen molar-refractivity contribution in [2.24, 2.45) is 11.8 Å². The van der Waals surface area contributed by atoms with Gasteiger partial charge in [0, 0.05) is 25.6 Å². The standard InChI is InChI=1S/C18H26N2O2/c1-13(14-7-8-14)18(21)20-10-9-19(2)17(12-20)15-5-4-6-16(11-15)22-3/h4-6,11,13-14,17H,7-10,12H2,1-3H3. The van der Waals surface area contributed by atoms with Gasteiger partial charge < -0.3 is 9.64 Å². The highest BCUT2D eigenvalue weighted by molar-refractivity contribution is 5.79. The molecule has 2 atom stereocenters. The van der Waals surface area contributed by atoms with Crippen molar-refractivity contribution in [2.75, 3.05) is 33.8 Å². The van der Waals surface area contributed by atoms with Crippen LogP contribution in [0, 0.1) is 11.8 Å². The minimum Gasteiger partial charge on any atom is -0.497 e. The molecule has 3 rings (SSSR count). The quantitative estimate of drug-likeness (QED) is 0.857. The number of carbonyl (C=O) groups is 1. The molecule has 0 aromatic heterocycles. The summed E-state index contributed by atoms with van der Waals surface area (Å²) in [6, 6.07) is 8.45. The van der Waals surface area contributed by atoms with Crippen molar-refractivity contribution < 1.29 is 9.53 Å². The molecule has 1 aromatic rings. The Morgan fingerprint density at radius 2 is 2.09 bits per heavy atom. The van der Waals surface area contributed by atoms with Crippen LogP contribution in [0.3, 0.4) is 0 Å². The second kappa shape index (κ2) is 6.29. The molecule has 22 heavy (non-hydrogen) atoms. The third kappa shape index (κ3) is 3.12. The third-order valence-electron chi connectivity index (χ3n) is 5.16. The number of hydrogen-bond donors (Lipinski definition) is 0. The summed E-state index contributed by atoms with van der Waals surface area (Å²) in [7, 11) is 3.83. The van der Waals surface area contributed by atoms with Gasteiger partial charge in [-0.25, -0.2) is 0 Å². The van der Waals surface area contributed by atoms with E-state index in [1.165, 1.54) is 18.4 Å². The number of rotatable bonds is 4. The molecular weight excluding hydrogens is 276 g/mol. The lowest BCUT2D eigenvalue weighted by Crippen LogP contribution is -2.50. The summed E-state index contributed by atoms with van der Waals surface area (Å²) >= 11 is 0. The van der Waals surface area contributed by atoms with E-state index >= 15 is 0 Å². The van der Waals surface area contributed by atoms with E-state index in [9.17, 15) is 4.79 Å². The molecule has 0 N–H and O–H groups in total. The van der Waals surface area contributed by atoms with Crippen LogP contribution in [0.15, 0.2) is 24.3 Å². The van der Waals surface area contributed by atoms with Gasteiger partial charge in [-0.1, -0.05) is 19.1 Å². The molecule has 2 fully saturated rings. The van der Waals surface area contributed by atoms with E-state index in [-0.39, 0.29) is 12.0 Å². The summed E-state index contributed by atoms with van der Waals surface area (Å²) in [6.45, 7) is 4.64. The fraction of sp³-hybridized carbons (Fsp3) is 0.611. The molecule has 4 heteroatoms. The fourth-order valence-electron chi connectivity index (χ4n) is 3.37. The Morgan fingerprint density at radius 1 is 1.32 bits per heavy atom. The van der Waals surface area contributed by atoms with Crippen LogP contribution in [-0.4, -0.2) is 49.5 Å². The van der Waals surface area contributed by atoms with Crippen LogP contribution in [0.4, 0.5) is 0 Å². The number of methoxy groups -OCH3 is 1. The van der Waals surface area contributed by atoms with Crippen LogP contribution in [0.2, 0.25) is 0 Å². The molecule has 0 spiro atoms. The summed E-state index contributed by atoms with van der Waals surface area (Å²) in [5.74, 6) is 2.03. The van der Waals surface area contributed by atoms with E-state index in [4.69, 9.17) is 4.74 Å². The van der Waals surface area contributed by atoms with Crippen LogP contribution in [-0.2, 0) is 4.79 Å². The summed E-state index contributed by atoms with van der Waals surface area (Å²) in [5.41, 5.74) is 1.22. The van der Waals surface area contributed by atoms with Crippen LogP contribution in [0.1, 0.15) is 31.4 Å². The minimum atomic E-state index is 0.189. The molecule has 0 radical (unpaired) electrons. The van der Waals surface area contributed by atoms with Crippen molar-refractivity contribution in [3.63, 3.8) is 0 Å². The lowest BCUT2D eigenvalue weighted by Gasteiger charge is -2.40. The van der Waals surface area contributed by atoms with E-state index in [2.05, 4.69) is 35.9 Å². The van der Waals surface area contributed by atoms with Crippen LogP contribution in [0.25, 0.3) is 0 Å². The maximum absolute atomic E-state index is 12.7. The first-order valence-electron chi connectivity index (χ1n) is 8.23. The average molecular weight is 302 g/mol. The zero-order valence-electron chi connectivity index (χ0n) is 13.8. The summed E-state index contributed by atoms with van der Waals surface area (Å²) < 4.78 is 5.33. The van der Waals surface area contributed by atoms with Gasteiger partial charge in [-0.2, -0.15) is 0 Å². The van der Waals surface area contributed by atoms with Gasteiger partial charge in [0.15, 0.2) is 0 Å². The maximum atomic E-state index is 12.7. The van der Waals surface area contributed by atoms with E-state index in [1.54, 1.807) is 7.11 Å². The van der Waals surface area contributed by atoms with Crippen molar-refractivity contribution in [1.29, 1.82) is 0 Å². The van der Waals surface area contributed by atoms with E-state index < -0.39 is 0 Å². The minimum absolute atomic E-state index is 0.189. The summed E-state index contributed by atoms with van der Waals surface area (Å²) in [5, 5.41) is 0. The predicted molar refractivity (Wildman–Crippen MR) is 86.8 cm³/mol. The Morgan fingerprint density at radius 3 is 2.77 bits per heavy atom. The fourth-order valence-corrected chi connectivity index (χ4v) is 3.37. The number of carbonyl (C=O) groups excluding carboxylic acids is 1. The number of benzene rings is 1. The van der Waals surface area contributed by atoms with E-state index in [0.717, 1.165) is 25.4 Å². The molecule has 2 unspecified atom stereocenters. The van der Waals surface area contributed by atoms with E-state index in [1.807, 2.05) is 12.1 Å². The number of ether oxygens (including phenoxy) is 1. The third-order valence-corrected chi connectivity index (χ3v) is 5.16. The highest BCUT2D eigenvalue weighted by Gasteiger charge is 2.37. The average Bonchev–Trinajstić information content (AvgIpc) is 3.39. The first-order chi connectivity index (χ1) is 10.6. The smallest absolute Gasteiger partial charge is 0.225 e. The van der Waals surface area contributed by atoms with Crippen molar-refractivity contribution in [2.45, 2.75) is 25.8 Å². The zero-order chi connectivity index (χ0) is 15.7. The first kappa shape index (κ1) is 15.3. The molecule has 1 aliphatic carbocycles. The van der Waals surface area contributed by atoms with Crippen molar-refractivity contribution in [3.8, 4) is 5.75 Å². The van der Waals surface area contributed by atoms with Crippen molar-refractivity contribution in [1.82, 2.24) is 9.80 Å². The molecule has 1 amide bonds. The van der Waals surface area contributed by atoms with Gasteiger partial charge in [0.25, 0.3) is 0 Å². The SMILES string of the molecule is COc1cccc(C2CN(C(=O)C(C)C3CC3)CCN2C)c1. The highest BCUT2D eigenvalue weighted by atomic mass is 16.5. The Kier molecular flexibility index (Phi) is 4.39. The van der Waals surface area contributed by atoms with Crippen molar-refractivity contribution >= 4 is 5.91 Å². The lowest BCUT2D eigenvalue weighted by atomic mass is 9.99. The molecular formula is C18H26N2O2. The topological polar surface area (TPSA) is 32.8 Å². The Labute approximate surface area is 133 Å². The number of likely N-dealkylation sites (N-methyl/N-ethyl adjacent to an activating group) is 1. The number of nitrogens with zero attached hydrogens (tertiary/aromatic N) is 2. The summed E-state index contributed by atoms with van der Waals surface area (Å²) in [4.78, 5) is 17.1. The predicted octanol–water partition coefficient (Wildman–Crippen LogP) is 2.56. The first-order valence-corrected chi connectivity index (χ1v) is 8.23. The zero-order valence-corrected chi connectivity index (χ0v) is 13.8. The Hall–Kier alpha value is -1.55. The van der Waals surface area contributed by atoms with Gasteiger partial charge in [0.2, 0.25) is 5.91 Å². The second-order valence-corrected chi connectivity index (χ2v) is 6.68. The largest absolute Gasteiger partial charge is 0.497 e. The number of piperazine rings is 1. The monoisotopic (exact) mass is 302 g/mol. The molecule has 120 valence electrons. The van der Waals surface area contributed by atoms with Gasteiger partial charge in [-0.05, 0) is 43.5 Å². The number of hydrogen-bond acceptors (Lipinski definition) is 3. The lowest BCUT2D eigenvalue weighted by molar-refractivity contribution is -0.138. The van der Waals surface area contributed by atoms with Crippen LogP contribution >= 0.6 is 0 Å². The highest BCUT2D eigenvalue weighted by Crippen LogP contribution is 2.38. The molecule has 1 saturated heterocycles. The normalized spacial score (nSPS) is 24.1. The van der Waals surface area contributed by atoms with Crippen molar-refractivity contribution in [3.05, 3.63) is 29.8 Å². The molecule has 1 aliphatic heterocycles. The Balaban J connectivity index is 1.74. The van der Waals surface area contributed by atoms with Crippen LogP contribution < -0.4 is 4.74 Å². The molecule has 1 aromatic carbocycles. The van der Waals surface area contributed by atoms with Crippen LogP contribution in [0.5, 0.6) is 5.75 Å². The second-order valence-electron chi connectivity index (χ2n) is 6.68. The van der Waals surface area contributed by atoms with Gasteiger partial charge in [-0.15, -0.1) is 0 Å². The maximum Gasteiger partial charge on any atom is 0.225 e. The molecule has 4 nitrogen and oxygen atoms in total. The van der Waals surface area contributed by atoms with Gasteiger partial charge in [0.05, 0.1) is 13.2 Å². The molecule has 2 aliphatic rings. The van der Waals surface area contributed by atoms with Gasteiger partial charge in [-0.3, -0.25) is 9.69 Å². The van der Waals surface area contributed by atoms with Gasteiger partial charge in [0.1, 0.15) is 5.75 Å².